The van der Waals surface area contributed by atoms with Gasteiger partial charge in [-0.25, -0.2) is 14.4 Å². The number of nitrogens with one attached hydrogen (secondary N) is 1. The fourth-order valence-corrected chi connectivity index (χ4v) is 4.57. The Kier molecular flexibility index (Phi) is 3.92. The molecule has 0 aliphatic rings. The molecule has 3 heterocycles. The van der Waals surface area contributed by atoms with E-state index in [9.17, 15) is 9.18 Å². The van der Waals surface area contributed by atoms with Crippen molar-refractivity contribution < 1.29 is 9.18 Å². The molecule has 0 aliphatic heterocycles. The Hall–Kier alpha value is -3.17. The number of amides is 1. The fourth-order valence-electron chi connectivity index (χ4n) is 2.91. The van der Waals surface area contributed by atoms with Gasteiger partial charge in [-0.3, -0.25) is 4.79 Å². The Bertz CT molecular complexity index is 1350. The third-order valence-electron chi connectivity index (χ3n) is 4.21. The minimum absolute atomic E-state index is 0.260. The van der Waals surface area contributed by atoms with Crippen LogP contribution in [0.25, 0.3) is 25.6 Å². The lowest BCUT2D eigenvalue weighted by molar-refractivity contribution is 0.102. The van der Waals surface area contributed by atoms with Crippen molar-refractivity contribution in [2.24, 2.45) is 0 Å². The smallest absolute Gasteiger partial charge is 0.256 e. The van der Waals surface area contributed by atoms with Gasteiger partial charge >= 0.3 is 0 Å². The minimum Gasteiger partial charge on any atom is -0.306 e. The van der Waals surface area contributed by atoms with Gasteiger partial charge in [0.15, 0.2) is 0 Å². The van der Waals surface area contributed by atoms with Crippen molar-refractivity contribution in [2.45, 2.75) is 6.92 Å². The van der Waals surface area contributed by atoms with Gasteiger partial charge in [0.05, 0.1) is 26.1 Å². The Labute approximate surface area is 166 Å². The maximum Gasteiger partial charge on any atom is 0.256 e. The van der Waals surface area contributed by atoms with Crippen LogP contribution in [0, 0.1) is 12.7 Å². The van der Waals surface area contributed by atoms with Gasteiger partial charge in [0.1, 0.15) is 17.2 Å². The average molecular weight is 409 g/mol. The first-order valence-electron chi connectivity index (χ1n) is 8.35. The zero-order valence-corrected chi connectivity index (χ0v) is 16.1. The van der Waals surface area contributed by atoms with Crippen LogP contribution in [-0.4, -0.2) is 25.7 Å². The van der Waals surface area contributed by atoms with Crippen molar-refractivity contribution in [3.8, 4) is 5.13 Å². The number of hydrogen-bond donors (Lipinski definition) is 1. The summed E-state index contributed by atoms with van der Waals surface area (Å²) in [6.07, 6.45) is 0. The zero-order valence-electron chi connectivity index (χ0n) is 14.5. The first-order valence-corrected chi connectivity index (χ1v) is 10.0. The summed E-state index contributed by atoms with van der Waals surface area (Å²) in [5, 5.41) is 7.78. The Morgan fingerprint density at radius 1 is 1.18 bits per heavy atom. The molecule has 0 spiro atoms. The maximum absolute atomic E-state index is 14.0. The summed E-state index contributed by atoms with van der Waals surface area (Å²) < 4.78 is 17.2. The number of thiazole rings is 2. The number of anilines is 1. The van der Waals surface area contributed by atoms with Gasteiger partial charge in [-0.05, 0) is 37.3 Å². The largest absolute Gasteiger partial charge is 0.306 e. The fraction of sp³-hybridized carbons (Fsp3) is 0.0526. The highest BCUT2D eigenvalue weighted by atomic mass is 32.1. The van der Waals surface area contributed by atoms with Gasteiger partial charge in [-0.2, -0.15) is 9.78 Å². The molecule has 0 radical (unpaired) electrons. The first kappa shape index (κ1) is 17.0. The van der Waals surface area contributed by atoms with Crippen molar-refractivity contribution in [1.82, 2.24) is 19.7 Å². The van der Waals surface area contributed by atoms with Gasteiger partial charge in [0.2, 0.25) is 5.13 Å². The number of rotatable bonds is 3. The number of aromatic nitrogens is 4. The monoisotopic (exact) mass is 409 g/mol. The van der Waals surface area contributed by atoms with Crippen molar-refractivity contribution >= 4 is 54.8 Å². The molecule has 0 saturated heterocycles. The lowest BCUT2D eigenvalue weighted by Crippen LogP contribution is -2.15. The molecule has 1 N–H and O–H groups in total. The van der Waals surface area contributed by atoms with Crippen molar-refractivity contribution in [3.63, 3.8) is 0 Å². The molecule has 5 rings (SSSR count). The molecule has 28 heavy (non-hydrogen) atoms. The van der Waals surface area contributed by atoms with Crippen LogP contribution in [0.4, 0.5) is 10.2 Å². The molecule has 3 aromatic heterocycles. The number of nitrogens with zero attached hydrogens (tertiary/aromatic N) is 4. The molecule has 6 nitrogen and oxygen atoms in total. The minimum atomic E-state index is -0.382. The standard InChI is InChI=1S/C19H12FN5OS2/c1-10-7-16(22-18(26)11-5-6-13-15(8-11)27-9-21-13)25(24-10)19-23-17-12(20)3-2-4-14(17)28-19/h2-9H,1H3,(H,22,26). The molecule has 0 bridgehead atoms. The van der Waals surface area contributed by atoms with Crippen LogP contribution in [0.15, 0.2) is 48.0 Å². The average Bonchev–Trinajstić information content (AvgIpc) is 3.39. The molecule has 0 fully saturated rings. The van der Waals surface area contributed by atoms with Gasteiger partial charge in [-0.1, -0.05) is 17.4 Å². The van der Waals surface area contributed by atoms with Crippen LogP contribution in [0.2, 0.25) is 0 Å². The molecular weight excluding hydrogens is 397 g/mol. The lowest BCUT2D eigenvalue weighted by atomic mass is 10.2. The third-order valence-corrected chi connectivity index (χ3v) is 5.99. The van der Waals surface area contributed by atoms with Crippen LogP contribution >= 0.6 is 22.7 Å². The second kappa shape index (κ2) is 6.47. The van der Waals surface area contributed by atoms with E-state index in [-0.39, 0.29) is 11.7 Å². The number of fused-ring (bicyclic) bond motifs is 2. The van der Waals surface area contributed by atoms with E-state index in [0.29, 0.717) is 27.7 Å². The Balaban J connectivity index is 1.52. The molecule has 0 unspecified atom stereocenters. The van der Waals surface area contributed by atoms with Gasteiger partial charge in [0.25, 0.3) is 5.91 Å². The summed E-state index contributed by atoms with van der Waals surface area (Å²) in [4.78, 5) is 21.3. The van der Waals surface area contributed by atoms with E-state index in [1.165, 1.54) is 33.4 Å². The van der Waals surface area contributed by atoms with E-state index < -0.39 is 0 Å². The molecule has 0 atom stereocenters. The Morgan fingerprint density at radius 3 is 2.93 bits per heavy atom. The van der Waals surface area contributed by atoms with Gasteiger partial charge in [-0.15, -0.1) is 11.3 Å². The maximum atomic E-state index is 14.0. The van der Waals surface area contributed by atoms with Crippen LogP contribution < -0.4 is 5.32 Å². The summed E-state index contributed by atoms with van der Waals surface area (Å²) in [5.74, 6) is -0.164. The number of carbonyl (C=O) groups excluding carboxylic acids is 1. The third kappa shape index (κ3) is 2.85. The number of hydrogen-bond acceptors (Lipinski definition) is 6. The van der Waals surface area contributed by atoms with Crippen LogP contribution in [0.5, 0.6) is 0 Å². The summed E-state index contributed by atoms with van der Waals surface area (Å²) in [5.41, 5.74) is 4.14. The van der Waals surface area contributed by atoms with E-state index in [4.69, 9.17) is 0 Å². The van der Waals surface area contributed by atoms with E-state index in [1.54, 1.807) is 29.8 Å². The van der Waals surface area contributed by atoms with Gasteiger partial charge in [0, 0.05) is 11.6 Å². The highest BCUT2D eigenvalue weighted by Gasteiger charge is 2.17. The van der Waals surface area contributed by atoms with Crippen LogP contribution in [0.1, 0.15) is 16.1 Å². The van der Waals surface area contributed by atoms with E-state index in [2.05, 4.69) is 20.4 Å². The molecule has 0 aliphatic carbocycles. The molecule has 5 aromatic rings. The zero-order chi connectivity index (χ0) is 19.3. The number of benzene rings is 2. The molecular formula is C19H12FN5OS2. The van der Waals surface area contributed by atoms with E-state index in [1.807, 2.05) is 19.1 Å². The topological polar surface area (TPSA) is 72.7 Å². The number of aryl methyl sites for hydroxylation is 1. The molecule has 138 valence electrons. The predicted molar refractivity (Wildman–Crippen MR) is 109 cm³/mol. The molecule has 0 saturated carbocycles. The van der Waals surface area contributed by atoms with Gasteiger partial charge < -0.3 is 5.32 Å². The lowest BCUT2D eigenvalue weighted by Gasteiger charge is -2.06. The second-order valence-electron chi connectivity index (χ2n) is 6.15. The summed E-state index contributed by atoms with van der Waals surface area (Å²) in [6, 6.07) is 11.9. The predicted octanol–water partition coefficient (Wildman–Crippen LogP) is 4.79. The summed E-state index contributed by atoms with van der Waals surface area (Å²) in [6.45, 7) is 1.82. The highest BCUT2D eigenvalue weighted by Crippen LogP contribution is 2.29. The summed E-state index contributed by atoms with van der Waals surface area (Å²) in [7, 11) is 0. The van der Waals surface area contributed by atoms with Crippen LogP contribution in [0.3, 0.4) is 0 Å². The molecule has 9 heteroatoms. The molecule has 2 aromatic carbocycles. The molecule has 1 amide bonds. The van der Waals surface area contributed by atoms with Crippen molar-refractivity contribution in [3.05, 3.63) is 65.0 Å². The quantitative estimate of drug-likeness (QED) is 0.465. The number of para-hydroxylation sites is 1. The normalized spacial score (nSPS) is 11.4. The number of halogens is 1. The van der Waals surface area contributed by atoms with Crippen molar-refractivity contribution in [1.29, 1.82) is 0 Å². The SMILES string of the molecule is Cc1cc(NC(=O)c2ccc3ncsc3c2)n(-c2nc3c(F)cccc3s2)n1. The Morgan fingerprint density at radius 2 is 2.07 bits per heavy atom. The van der Waals surface area contributed by atoms with Crippen LogP contribution in [-0.2, 0) is 0 Å². The van der Waals surface area contributed by atoms with E-state index in [0.717, 1.165) is 14.9 Å². The van der Waals surface area contributed by atoms with Crippen molar-refractivity contribution in [2.75, 3.05) is 5.32 Å². The summed E-state index contributed by atoms with van der Waals surface area (Å²) >= 11 is 2.79. The number of carbonyl (C=O) groups is 1. The van der Waals surface area contributed by atoms with E-state index >= 15 is 0 Å². The highest BCUT2D eigenvalue weighted by molar-refractivity contribution is 7.20. The first-order chi connectivity index (χ1) is 13.6. The second-order valence-corrected chi connectivity index (χ2v) is 8.05.